The summed E-state index contributed by atoms with van der Waals surface area (Å²) >= 11 is 1.29. The van der Waals surface area contributed by atoms with Gasteiger partial charge in [0.05, 0.1) is 18.5 Å². The number of nitrogens with one attached hydrogen (secondary N) is 1. The van der Waals surface area contributed by atoms with Crippen LogP contribution in [0.25, 0.3) is 6.08 Å². The summed E-state index contributed by atoms with van der Waals surface area (Å²) < 4.78 is 4.54. The van der Waals surface area contributed by atoms with Crippen LogP contribution >= 0.6 is 11.3 Å². The molecule has 1 aromatic heterocycles. The van der Waals surface area contributed by atoms with Crippen LogP contribution in [0, 0.1) is 0 Å². The highest BCUT2D eigenvalue weighted by molar-refractivity contribution is 7.14. The maximum Gasteiger partial charge on any atom is 0.328 e. The third-order valence-corrected chi connectivity index (χ3v) is 4.19. The minimum Gasteiger partial charge on any atom is -0.467 e. The number of amides is 2. The number of thiazole rings is 1. The molecule has 0 spiro atoms. The lowest BCUT2D eigenvalue weighted by Gasteiger charge is -2.17. The number of aromatic nitrogens is 1. The Balaban J connectivity index is 2.10. The van der Waals surface area contributed by atoms with Crippen molar-refractivity contribution in [2.75, 3.05) is 12.0 Å². The summed E-state index contributed by atoms with van der Waals surface area (Å²) in [6.45, 7) is 2.99. The van der Waals surface area contributed by atoms with E-state index >= 15 is 0 Å². The maximum atomic E-state index is 12.0. The Labute approximate surface area is 155 Å². The molecule has 7 nitrogen and oxygen atoms in total. The van der Waals surface area contributed by atoms with Crippen LogP contribution in [0.15, 0.2) is 41.8 Å². The number of ether oxygens (including phenoxy) is 1. The summed E-state index contributed by atoms with van der Waals surface area (Å²) in [5.41, 5.74) is 1.25. The van der Waals surface area contributed by atoms with Crippen molar-refractivity contribution in [3.63, 3.8) is 0 Å². The lowest BCUT2D eigenvalue weighted by atomic mass is 10.3. The lowest BCUT2D eigenvalue weighted by Crippen LogP contribution is -2.38. The van der Waals surface area contributed by atoms with Gasteiger partial charge in [-0.3, -0.25) is 14.5 Å². The van der Waals surface area contributed by atoms with Gasteiger partial charge in [-0.05, 0) is 25.1 Å². The molecule has 1 unspecified atom stereocenters. The molecular formula is C18H19N3O4S. The highest BCUT2D eigenvalue weighted by Gasteiger charge is 2.17. The molecule has 1 heterocycles. The number of anilines is 2. The Hall–Kier alpha value is -3.00. The number of carbonyl (C=O) groups excluding carboxylic acids is 3. The minimum absolute atomic E-state index is 0.161. The predicted molar refractivity (Wildman–Crippen MR) is 100 cm³/mol. The third-order valence-electron chi connectivity index (χ3n) is 3.35. The average Bonchev–Trinajstić information content (AvgIpc) is 3.08. The number of para-hydroxylation sites is 1. The largest absolute Gasteiger partial charge is 0.467 e. The molecule has 2 amide bonds. The van der Waals surface area contributed by atoms with Gasteiger partial charge in [-0.25, -0.2) is 9.78 Å². The maximum absolute atomic E-state index is 12.0. The molecule has 0 aliphatic rings. The Morgan fingerprint density at radius 1 is 1.27 bits per heavy atom. The van der Waals surface area contributed by atoms with E-state index in [1.807, 2.05) is 30.3 Å². The molecule has 2 aromatic rings. The smallest absolute Gasteiger partial charge is 0.328 e. The molecule has 0 radical (unpaired) electrons. The summed E-state index contributed by atoms with van der Waals surface area (Å²) in [6, 6.07) is 8.44. The van der Waals surface area contributed by atoms with Gasteiger partial charge in [-0.15, -0.1) is 11.3 Å². The highest BCUT2D eigenvalue weighted by atomic mass is 32.1. The van der Waals surface area contributed by atoms with Crippen LogP contribution in [0.3, 0.4) is 0 Å². The van der Waals surface area contributed by atoms with Crippen molar-refractivity contribution < 1.29 is 19.1 Å². The van der Waals surface area contributed by atoms with Crippen molar-refractivity contribution >= 4 is 46.0 Å². The van der Waals surface area contributed by atoms with Gasteiger partial charge >= 0.3 is 5.97 Å². The van der Waals surface area contributed by atoms with Gasteiger partial charge in [0.1, 0.15) is 6.04 Å². The highest BCUT2D eigenvalue weighted by Crippen LogP contribution is 2.28. The zero-order valence-corrected chi connectivity index (χ0v) is 15.4. The fraction of sp³-hybridized carbons (Fsp3) is 0.222. The number of hydrogen-bond donors (Lipinski definition) is 1. The SMILES string of the molecule is COC(=O)C(C)NC(=O)/C=C/c1csc(N(C(C)=O)c2ccccc2)n1. The first-order valence-corrected chi connectivity index (χ1v) is 8.68. The standard InChI is InChI=1S/C18H19N3O4S/c1-12(17(24)25-3)19-16(23)10-9-14-11-26-18(20-14)21(13(2)22)15-7-5-4-6-8-15/h4-12H,1-3H3,(H,19,23)/b10-9+. The number of nitrogens with zero attached hydrogens (tertiary/aromatic N) is 2. The summed E-state index contributed by atoms with van der Waals surface area (Å²) in [5.74, 6) is -1.13. The molecule has 0 bridgehead atoms. The molecule has 2 rings (SSSR count). The number of rotatable bonds is 6. The van der Waals surface area contributed by atoms with E-state index < -0.39 is 17.9 Å². The van der Waals surface area contributed by atoms with Gasteiger partial charge in [0.25, 0.3) is 0 Å². The molecule has 0 saturated carbocycles. The van der Waals surface area contributed by atoms with E-state index in [4.69, 9.17) is 0 Å². The average molecular weight is 373 g/mol. The van der Waals surface area contributed by atoms with Crippen LogP contribution in [-0.2, 0) is 19.1 Å². The van der Waals surface area contributed by atoms with E-state index in [0.717, 1.165) is 5.69 Å². The van der Waals surface area contributed by atoms with E-state index in [0.29, 0.717) is 10.8 Å². The molecule has 0 fully saturated rings. The zero-order chi connectivity index (χ0) is 19.1. The van der Waals surface area contributed by atoms with Crippen molar-refractivity contribution in [3.05, 3.63) is 47.5 Å². The first kappa shape index (κ1) is 19.3. The van der Waals surface area contributed by atoms with Crippen molar-refractivity contribution in [2.24, 2.45) is 0 Å². The van der Waals surface area contributed by atoms with Crippen LogP contribution in [0.1, 0.15) is 19.5 Å². The van der Waals surface area contributed by atoms with E-state index in [9.17, 15) is 14.4 Å². The molecule has 26 heavy (non-hydrogen) atoms. The number of benzene rings is 1. The van der Waals surface area contributed by atoms with Crippen molar-refractivity contribution in [2.45, 2.75) is 19.9 Å². The molecule has 136 valence electrons. The summed E-state index contributed by atoms with van der Waals surface area (Å²) in [6.07, 6.45) is 2.79. The van der Waals surface area contributed by atoms with Gasteiger partial charge in [-0.2, -0.15) is 0 Å². The van der Waals surface area contributed by atoms with Gasteiger partial charge in [0, 0.05) is 18.4 Å². The van der Waals surface area contributed by atoms with E-state index in [2.05, 4.69) is 15.0 Å². The second-order valence-electron chi connectivity index (χ2n) is 5.33. The first-order chi connectivity index (χ1) is 12.4. The van der Waals surface area contributed by atoms with E-state index in [1.165, 1.54) is 49.3 Å². The molecule has 0 aliphatic carbocycles. The van der Waals surface area contributed by atoms with Crippen LogP contribution in [0.2, 0.25) is 0 Å². The van der Waals surface area contributed by atoms with Crippen molar-refractivity contribution in [1.29, 1.82) is 0 Å². The van der Waals surface area contributed by atoms with E-state index in [-0.39, 0.29) is 5.91 Å². The van der Waals surface area contributed by atoms with Crippen molar-refractivity contribution in [1.82, 2.24) is 10.3 Å². The van der Waals surface area contributed by atoms with Crippen LogP contribution in [0.4, 0.5) is 10.8 Å². The van der Waals surface area contributed by atoms with Gasteiger partial charge in [0.2, 0.25) is 11.8 Å². The van der Waals surface area contributed by atoms with Gasteiger partial charge in [-0.1, -0.05) is 18.2 Å². The molecule has 0 saturated heterocycles. The number of methoxy groups -OCH3 is 1. The normalized spacial score (nSPS) is 11.8. The predicted octanol–water partition coefficient (Wildman–Crippen LogP) is 2.52. The van der Waals surface area contributed by atoms with Crippen LogP contribution in [0.5, 0.6) is 0 Å². The third kappa shape index (κ3) is 5.00. The zero-order valence-electron chi connectivity index (χ0n) is 14.6. The molecule has 0 aliphatic heterocycles. The second kappa shape index (κ2) is 8.91. The monoisotopic (exact) mass is 373 g/mol. The van der Waals surface area contributed by atoms with Gasteiger partial charge in [0.15, 0.2) is 5.13 Å². The van der Waals surface area contributed by atoms with Gasteiger partial charge < -0.3 is 10.1 Å². The van der Waals surface area contributed by atoms with Crippen molar-refractivity contribution in [3.8, 4) is 0 Å². The first-order valence-electron chi connectivity index (χ1n) is 7.80. The topological polar surface area (TPSA) is 88.6 Å². The Morgan fingerprint density at radius 3 is 2.58 bits per heavy atom. The fourth-order valence-corrected chi connectivity index (χ4v) is 2.97. The van der Waals surface area contributed by atoms with Crippen LogP contribution < -0.4 is 10.2 Å². The molecule has 8 heteroatoms. The fourth-order valence-electron chi connectivity index (χ4n) is 2.12. The molecule has 1 aromatic carbocycles. The van der Waals surface area contributed by atoms with E-state index in [1.54, 1.807) is 5.38 Å². The second-order valence-corrected chi connectivity index (χ2v) is 6.17. The molecule has 1 N–H and O–H groups in total. The Kier molecular flexibility index (Phi) is 6.62. The lowest BCUT2D eigenvalue weighted by molar-refractivity contribution is -0.144. The minimum atomic E-state index is -0.741. The quantitative estimate of drug-likeness (QED) is 0.621. The molecule has 1 atom stereocenters. The summed E-state index contributed by atoms with van der Waals surface area (Å²) in [4.78, 5) is 41.0. The summed E-state index contributed by atoms with van der Waals surface area (Å²) in [7, 11) is 1.26. The Bertz CT molecular complexity index is 817. The number of carbonyl (C=O) groups is 3. The Morgan fingerprint density at radius 2 is 1.96 bits per heavy atom. The number of hydrogen-bond acceptors (Lipinski definition) is 6. The number of esters is 1. The summed E-state index contributed by atoms with van der Waals surface area (Å²) in [5, 5.41) is 4.73. The molecular weight excluding hydrogens is 354 g/mol. The van der Waals surface area contributed by atoms with Crippen LogP contribution in [-0.4, -0.2) is 35.9 Å².